The summed E-state index contributed by atoms with van der Waals surface area (Å²) < 4.78 is 7.79. The zero-order chi connectivity index (χ0) is 22.8. The number of aromatic nitrogens is 4. The third-order valence-electron chi connectivity index (χ3n) is 6.69. The molecule has 1 aliphatic heterocycles. The Hall–Kier alpha value is -2.87. The van der Waals surface area contributed by atoms with Crippen LogP contribution in [0.25, 0.3) is 5.78 Å². The smallest absolute Gasteiger partial charge is 0.260 e. The molecule has 0 N–H and O–H groups in total. The number of hydrogen-bond acceptors (Lipinski definition) is 6. The Labute approximate surface area is 198 Å². The van der Waals surface area contributed by atoms with E-state index < -0.39 is 0 Å². The number of carbonyl (C=O) groups excluding carboxylic acids is 1. The predicted molar refractivity (Wildman–Crippen MR) is 127 cm³/mol. The zero-order valence-electron chi connectivity index (χ0n) is 18.9. The number of piperazine rings is 1. The van der Waals surface area contributed by atoms with Crippen LogP contribution in [0.15, 0.2) is 30.6 Å². The monoisotopic (exact) mass is 468 g/mol. The van der Waals surface area contributed by atoms with Gasteiger partial charge in [0.15, 0.2) is 6.61 Å². The maximum absolute atomic E-state index is 12.9. The van der Waals surface area contributed by atoms with E-state index in [0.29, 0.717) is 24.8 Å². The summed E-state index contributed by atoms with van der Waals surface area (Å²) in [5, 5.41) is 5.02. The second-order valence-corrected chi connectivity index (χ2v) is 9.34. The third-order valence-corrected chi connectivity index (χ3v) is 6.92. The van der Waals surface area contributed by atoms with Crippen molar-refractivity contribution >= 4 is 29.1 Å². The van der Waals surface area contributed by atoms with E-state index in [2.05, 4.69) is 20.0 Å². The summed E-state index contributed by atoms with van der Waals surface area (Å²) in [5.41, 5.74) is 2.04. The van der Waals surface area contributed by atoms with Crippen molar-refractivity contribution in [1.82, 2.24) is 24.5 Å². The van der Waals surface area contributed by atoms with Gasteiger partial charge in [-0.15, -0.1) is 0 Å². The fraction of sp³-hybridized carbons (Fsp3) is 0.500. The van der Waals surface area contributed by atoms with Gasteiger partial charge in [0.25, 0.3) is 11.7 Å². The summed E-state index contributed by atoms with van der Waals surface area (Å²) >= 11 is 6.27. The van der Waals surface area contributed by atoms with Gasteiger partial charge >= 0.3 is 0 Å². The first kappa shape index (κ1) is 21.9. The van der Waals surface area contributed by atoms with Gasteiger partial charge in [-0.1, -0.05) is 30.9 Å². The van der Waals surface area contributed by atoms with Crippen LogP contribution in [0.3, 0.4) is 0 Å². The van der Waals surface area contributed by atoms with Gasteiger partial charge < -0.3 is 14.5 Å². The van der Waals surface area contributed by atoms with E-state index in [1.165, 1.54) is 25.6 Å². The van der Waals surface area contributed by atoms with E-state index in [1.54, 1.807) is 4.52 Å². The first-order valence-corrected chi connectivity index (χ1v) is 12.1. The molecule has 1 aromatic carbocycles. The molecule has 5 rings (SSSR count). The van der Waals surface area contributed by atoms with E-state index in [9.17, 15) is 4.79 Å². The van der Waals surface area contributed by atoms with Crippen LogP contribution in [0.4, 0.5) is 5.82 Å². The number of nitrogens with zero attached hydrogens (tertiary/aromatic N) is 6. The maximum Gasteiger partial charge on any atom is 0.260 e. The van der Waals surface area contributed by atoms with E-state index >= 15 is 0 Å². The Balaban J connectivity index is 1.21. The first-order chi connectivity index (χ1) is 16.1. The molecule has 0 radical (unpaired) electrons. The number of amides is 1. The lowest BCUT2D eigenvalue weighted by molar-refractivity contribution is -0.133. The second-order valence-electron chi connectivity index (χ2n) is 8.90. The van der Waals surface area contributed by atoms with Crippen molar-refractivity contribution in [3.05, 3.63) is 46.9 Å². The molecule has 174 valence electrons. The van der Waals surface area contributed by atoms with Gasteiger partial charge in [-0.3, -0.25) is 4.79 Å². The van der Waals surface area contributed by atoms with E-state index in [4.69, 9.17) is 16.3 Å². The minimum absolute atomic E-state index is 0.0102. The van der Waals surface area contributed by atoms with Gasteiger partial charge in [0.05, 0.1) is 0 Å². The summed E-state index contributed by atoms with van der Waals surface area (Å²) in [6.07, 6.45) is 7.58. The van der Waals surface area contributed by atoms with Gasteiger partial charge in [0, 0.05) is 43.0 Å². The number of hydrogen-bond donors (Lipinski definition) is 0. The Morgan fingerprint density at radius 3 is 2.70 bits per heavy atom. The summed E-state index contributed by atoms with van der Waals surface area (Å²) in [6.45, 7) is 4.71. The van der Waals surface area contributed by atoms with Crippen molar-refractivity contribution in [2.45, 2.75) is 44.9 Å². The molecular formula is C24H29ClN6O2. The number of benzene rings is 1. The van der Waals surface area contributed by atoms with Crippen LogP contribution in [0, 0.1) is 6.92 Å². The zero-order valence-corrected chi connectivity index (χ0v) is 19.7. The average Bonchev–Trinajstić information content (AvgIpc) is 3.31. The molecule has 8 nitrogen and oxygen atoms in total. The lowest BCUT2D eigenvalue weighted by Crippen LogP contribution is -2.50. The highest BCUT2D eigenvalue weighted by Gasteiger charge is 2.25. The maximum atomic E-state index is 12.9. The highest BCUT2D eigenvalue weighted by Crippen LogP contribution is 2.38. The van der Waals surface area contributed by atoms with Gasteiger partial charge in [0.2, 0.25) is 0 Å². The fourth-order valence-corrected chi connectivity index (χ4v) is 5.12. The second kappa shape index (κ2) is 9.55. The Kier molecular flexibility index (Phi) is 6.35. The van der Waals surface area contributed by atoms with Crippen molar-refractivity contribution in [1.29, 1.82) is 0 Å². The number of carbonyl (C=O) groups is 1. The lowest BCUT2D eigenvalue weighted by Gasteiger charge is -2.36. The van der Waals surface area contributed by atoms with Crippen LogP contribution in [0.1, 0.15) is 49.3 Å². The number of anilines is 1. The van der Waals surface area contributed by atoms with Crippen molar-refractivity contribution in [2.75, 3.05) is 37.7 Å². The number of rotatable bonds is 5. The molecule has 1 amide bonds. The van der Waals surface area contributed by atoms with Crippen LogP contribution in [0.5, 0.6) is 5.75 Å². The van der Waals surface area contributed by atoms with Crippen LogP contribution < -0.4 is 9.64 Å². The van der Waals surface area contributed by atoms with Gasteiger partial charge in [-0.05, 0) is 49.4 Å². The van der Waals surface area contributed by atoms with Gasteiger partial charge in [-0.25, -0.2) is 4.98 Å². The molecule has 3 heterocycles. The van der Waals surface area contributed by atoms with E-state index in [1.807, 2.05) is 36.1 Å². The van der Waals surface area contributed by atoms with Crippen LogP contribution >= 0.6 is 11.6 Å². The van der Waals surface area contributed by atoms with Crippen LogP contribution in [-0.4, -0.2) is 63.2 Å². The van der Waals surface area contributed by atoms with Crippen molar-refractivity contribution < 1.29 is 9.53 Å². The van der Waals surface area contributed by atoms with Crippen molar-refractivity contribution in [3.63, 3.8) is 0 Å². The molecule has 2 fully saturated rings. The Morgan fingerprint density at radius 1 is 1.12 bits per heavy atom. The molecule has 0 spiro atoms. The van der Waals surface area contributed by atoms with E-state index in [0.717, 1.165) is 53.8 Å². The molecule has 0 unspecified atom stereocenters. The molecule has 33 heavy (non-hydrogen) atoms. The van der Waals surface area contributed by atoms with Gasteiger partial charge in [0.1, 0.15) is 17.9 Å². The predicted octanol–water partition coefficient (Wildman–Crippen LogP) is 3.86. The molecule has 0 bridgehead atoms. The van der Waals surface area contributed by atoms with Gasteiger partial charge in [-0.2, -0.15) is 14.6 Å². The minimum Gasteiger partial charge on any atom is -0.483 e. The molecular weight excluding hydrogens is 440 g/mol. The summed E-state index contributed by atoms with van der Waals surface area (Å²) in [6, 6.07) is 7.77. The number of halogens is 1. The summed E-state index contributed by atoms with van der Waals surface area (Å²) in [7, 11) is 0. The highest BCUT2D eigenvalue weighted by atomic mass is 35.5. The van der Waals surface area contributed by atoms with Crippen LogP contribution in [0.2, 0.25) is 5.02 Å². The van der Waals surface area contributed by atoms with Crippen molar-refractivity contribution in [3.8, 4) is 5.75 Å². The number of ether oxygens (including phenoxy) is 1. The SMILES string of the molecule is Cc1cc(N2CCN(C(=O)COc3ccc(Cl)cc3C3CCCCC3)CC2)n2ncnc2n1. The Bertz CT molecular complexity index is 1140. The molecule has 2 aliphatic rings. The van der Waals surface area contributed by atoms with E-state index in [-0.39, 0.29) is 12.5 Å². The number of aryl methyl sites for hydroxylation is 1. The molecule has 1 aliphatic carbocycles. The fourth-order valence-electron chi connectivity index (χ4n) is 4.94. The lowest BCUT2D eigenvalue weighted by atomic mass is 9.84. The molecule has 1 saturated heterocycles. The highest BCUT2D eigenvalue weighted by molar-refractivity contribution is 6.30. The van der Waals surface area contributed by atoms with Crippen molar-refractivity contribution in [2.24, 2.45) is 0 Å². The average molecular weight is 469 g/mol. The van der Waals surface area contributed by atoms with Crippen LogP contribution in [-0.2, 0) is 4.79 Å². The molecule has 0 atom stereocenters. The first-order valence-electron chi connectivity index (χ1n) is 11.7. The molecule has 9 heteroatoms. The number of fused-ring (bicyclic) bond motifs is 1. The summed E-state index contributed by atoms with van der Waals surface area (Å²) in [4.78, 5) is 25.6. The summed E-state index contributed by atoms with van der Waals surface area (Å²) in [5.74, 6) is 2.81. The quantitative estimate of drug-likeness (QED) is 0.566. The topological polar surface area (TPSA) is 75.9 Å². The Morgan fingerprint density at radius 2 is 1.91 bits per heavy atom. The standard InChI is InChI=1S/C24H29ClN6O2/c1-17-13-22(31-24(28-17)26-16-27-31)29-9-11-30(12-10-29)23(32)15-33-21-8-7-19(25)14-20(21)18-5-3-2-4-6-18/h7-8,13-14,16,18H,2-6,9-12,15H2,1H3. The molecule has 2 aromatic heterocycles. The normalized spacial score (nSPS) is 17.5. The molecule has 3 aromatic rings. The third kappa shape index (κ3) is 4.76. The minimum atomic E-state index is 0.0102. The largest absolute Gasteiger partial charge is 0.483 e. The molecule has 1 saturated carbocycles.